The van der Waals surface area contributed by atoms with Crippen LogP contribution in [0, 0.1) is 0 Å². The summed E-state index contributed by atoms with van der Waals surface area (Å²) in [5.41, 5.74) is 3.26. The van der Waals surface area contributed by atoms with E-state index < -0.39 is 0 Å². The molecule has 0 aromatic rings. The molecule has 0 radical (unpaired) electrons. The van der Waals surface area contributed by atoms with Gasteiger partial charge < -0.3 is 0 Å². The number of rotatable bonds is 4. The van der Waals surface area contributed by atoms with Crippen LogP contribution in [0.3, 0.4) is 0 Å². The van der Waals surface area contributed by atoms with Crippen LogP contribution in [0.15, 0.2) is 11.1 Å². The summed E-state index contributed by atoms with van der Waals surface area (Å²) >= 11 is 9.77. The average molecular weight is 588 g/mol. The lowest BCUT2D eigenvalue weighted by Crippen LogP contribution is -1.97. The highest BCUT2D eigenvalue weighted by atomic mass is 127. The number of allylic oxidation sites excluding steroid dienone is 2. The summed E-state index contributed by atoms with van der Waals surface area (Å²) in [6, 6.07) is 0. The van der Waals surface area contributed by atoms with Crippen molar-refractivity contribution >= 4 is 90.4 Å². The number of hydrogen-bond acceptors (Lipinski definition) is 0. The Hall–Kier alpha value is 2.66. The lowest BCUT2D eigenvalue weighted by Gasteiger charge is -2.04. The zero-order valence-corrected chi connectivity index (χ0v) is 14.0. The van der Waals surface area contributed by atoms with E-state index in [1.807, 2.05) is 0 Å². The normalized spacial score (nSPS) is 9.60. The van der Waals surface area contributed by atoms with Crippen LogP contribution in [0.1, 0.15) is 0 Å². The maximum atomic E-state index is 2.44. The van der Waals surface area contributed by atoms with Gasteiger partial charge in [0.15, 0.2) is 0 Å². The molecule has 60 valence electrons. The molecule has 0 N–H and O–H groups in total. The van der Waals surface area contributed by atoms with Crippen LogP contribution in [0.5, 0.6) is 0 Å². The first kappa shape index (κ1) is 12.7. The second-order valence-corrected chi connectivity index (χ2v) is 4.79. The fraction of sp³-hybridized carbons (Fsp3) is 0.667. The molecule has 0 atom stereocenters. The van der Waals surface area contributed by atoms with Crippen molar-refractivity contribution in [3.63, 3.8) is 0 Å². The fourth-order valence-corrected chi connectivity index (χ4v) is 5.75. The minimum absolute atomic E-state index is 1.20. The molecule has 10 heavy (non-hydrogen) atoms. The maximum absolute atomic E-state index is 2.44. The largest absolute Gasteiger partial charge is 0.0815 e. The van der Waals surface area contributed by atoms with E-state index in [2.05, 4.69) is 90.4 Å². The minimum Gasteiger partial charge on any atom is -0.0815 e. The van der Waals surface area contributed by atoms with Gasteiger partial charge in [-0.15, -0.1) is 0 Å². The van der Waals surface area contributed by atoms with Crippen LogP contribution in [-0.4, -0.2) is 17.7 Å². The molecule has 0 bridgehead atoms. The molecular weight excluding hydrogens is 580 g/mol. The van der Waals surface area contributed by atoms with Gasteiger partial charge in [0.1, 0.15) is 0 Å². The van der Waals surface area contributed by atoms with Gasteiger partial charge in [-0.3, -0.25) is 0 Å². The van der Waals surface area contributed by atoms with Gasteiger partial charge in [-0.1, -0.05) is 90.4 Å². The van der Waals surface area contributed by atoms with Gasteiger partial charge >= 0.3 is 0 Å². The Morgan fingerprint density at radius 2 is 0.800 bits per heavy atom. The highest BCUT2D eigenvalue weighted by Crippen LogP contribution is 2.15. The molecule has 0 nitrogen and oxygen atoms in total. The summed E-state index contributed by atoms with van der Waals surface area (Å²) in [7, 11) is 0. The zero-order chi connectivity index (χ0) is 7.98. The van der Waals surface area contributed by atoms with E-state index >= 15 is 0 Å². The van der Waals surface area contributed by atoms with Gasteiger partial charge in [0.25, 0.3) is 0 Å². The molecule has 0 aliphatic heterocycles. The van der Waals surface area contributed by atoms with Gasteiger partial charge in [0.2, 0.25) is 0 Å². The third kappa shape index (κ3) is 4.63. The van der Waals surface area contributed by atoms with Crippen LogP contribution >= 0.6 is 90.4 Å². The van der Waals surface area contributed by atoms with Gasteiger partial charge in [-0.25, -0.2) is 0 Å². The van der Waals surface area contributed by atoms with Crippen LogP contribution in [-0.2, 0) is 0 Å². The summed E-state index contributed by atoms with van der Waals surface area (Å²) in [6.07, 6.45) is 0. The molecule has 0 rings (SSSR count). The fourth-order valence-electron chi connectivity index (χ4n) is 0.449. The molecule has 0 saturated carbocycles. The molecule has 0 aromatic carbocycles. The van der Waals surface area contributed by atoms with Crippen LogP contribution < -0.4 is 0 Å². The van der Waals surface area contributed by atoms with Crippen molar-refractivity contribution in [3.8, 4) is 0 Å². The van der Waals surface area contributed by atoms with Crippen LogP contribution in [0.2, 0.25) is 0 Å². The average Bonchev–Trinajstić information content (AvgIpc) is 2.00. The van der Waals surface area contributed by atoms with Crippen LogP contribution in [0.4, 0.5) is 0 Å². The number of halogens is 4. The van der Waals surface area contributed by atoms with Crippen molar-refractivity contribution in [2.75, 3.05) is 17.7 Å². The Bertz CT molecular complexity index is 92.9. The number of alkyl halides is 4. The van der Waals surface area contributed by atoms with E-state index in [0.29, 0.717) is 0 Å². The quantitative estimate of drug-likeness (QED) is 0.265. The maximum Gasteiger partial charge on any atom is 0.0216 e. The lowest BCUT2D eigenvalue weighted by molar-refractivity contribution is 1.33. The Balaban J connectivity index is 4.20. The molecule has 0 amide bonds. The van der Waals surface area contributed by atoms with Gasteiger partial charge in [-0.05, 0) is 11.1 Å². The van der Waals surface area contributed by atoms with E-state index in [-0.39, 0.29) is 0 Å². The highest BCUT2D eigenvalue weighted by molar-refractivity contribution is 14.1. The van der Waals surface area contributed by atoms with Gasteiger partial charge in [0.05, 0.1) is 0 Å². The SMILES string of the molecule is ICC(CI)=C(CI)CI. The first-order valence-electron chi connectivity index (χ1n) is 2.73. The van der Waals surface area contributed by atoms with E-state index in [0.717, 1.165) is 0 Å². The Morgan fingerprint density at radius 3 is 0.900 bits per heavy atom. The minimum atomic E-state index is 1.20. The summed E-state index contributed by atoms with van der Waals surface area (Å²) in [5, 5.41) is 0. The van der Waals surface area contributed by atoms with E-state index in [1.165, 1.54) is 17.7 Å². The van der Waals surface area contributed by atoms with Crippen LogP contribution in [0.25, 0.3) is 0 Å². The zero-order valence-electron chi connectivity index (χ0n) is 5.34. The van der Waals surface area contributed by atoms with Crippen molar-refractivity contribution in [2.45, 2.75) is 0 Å². The Morgan fingerprint density at radius 1 is 0.600 bits per heavy atom. The monoisotopic (exact) mass is 588 g/mol. The van der Waals surface area contributed by atoms with E-state index in [1.54, 1.807) is 11.1 Å². The smallest absolute Gasteiger partial charge is 0.0216 e. The van der Waals surface area contributed by atoms with Crippen molar-refractivity contribution in [2.24, 2.45) is 0 Å². The second kappa shape index (κ2) is 8.27. The summed E-state index contributed by atoms with van der Waals surface area (Å²) in [5.74, 6) is 0. The molecule has 0 aliphatic carbocycles. The standard InChI is InChI=1S/C6H8I4/c7-1-5(2-8)6(3-9)4-10/h1-4H2. The molecule has 0 saturated heterocycles. The lowest BCUT2D eigenvalue weighted by atomic mass is 10.2. The predicted molar refractivity (Wildman–Crippen MR) is 82.6 cm³/mol. The molecule has 4 heteroatoms. The molecule has 0 aromatic heterocycles. The van der Waals surface area contributed by atoms with E-state index in [4.69, 9.17) is 0 Å². The highest BCUT2D eigenvalue weighted by Gasteiger charge is 2.00. The third-order valence-corrected chi connectivity index (χ3v) is 4.83. The van der Waals surface area contributed by atoms with Crippen molar-refractivity contribution in [3.05, 3.63) is 11.1 Å². The molecule has 0 aliphatic rings. The molecule has 0 unspecified atom stereocenters. The molecule has 0 fully saturated rings. The molecular formula is C6H8I4. The summed E-state index contributed by atoms with van der Waals surface area (Å²) < 4.78 is 4.79. The summed E-state index contributed by atoms with van der Waals surface area (Å²) in [6.45, 7) is 0. The van der Waals surface area contributed by atoms with Crippen molar-refractivity contribution < 1.29 is 0 Å². The predicted octanol–water partition coefficient (Wildman–Crippen LogP) is 4.02. The van der Waals surface area contributed by atoms with E-state index in [9.17, 15) is 0 Å². The Kier molecular flexibility index (Phi) is 10.5. The first-order valence-corrected chi connectivity index (χ1v) is 8.84. The number of hydrogen-bond donors (Lipinski definition) is 0. The van der Waals surface area contributed by atoms with Gasteiger partial charge in [-0.2, -0.15) is 0 Å². The van der Waals surface area contributed by atoms with Crippen molar-refractivity contribution in [1.82, 2.24) is 0 Å². The van der Waals surface area contributed by atoms with Crippen molar-refractivity contribution in [1.29, 1.82) is 0 Å². The molecule has 0 heterocycles. The first-order chi connectivity index (χ1) is 4.79. The Labute approximate surface area is 117 Å². The third-order valence-electron chi connectivity index (χ3n) is 1.15. The molecule has 0 spiro atoms. The summed E-state index contributed by atoms with van der Waals surface area (Å²) in [4.78, 5) is 0. The van der Waals surface area contributed by atoms with Gasteiger partial charge in [0, 0.05) is 17.7 Å². The second-order valence-electron chi connectivity index (χ2n) is 1.74. The topological polar surface area (TPSA) is 0 Å².